The van der Waals surface area contributed by atoms with Crippen molar-refractivity contribution in [2.45, 2.75) is 0 Å². The van der Waals surface area contributed by atoms with Crippen LogP contribution < -0.4 is 4.74 Å². The van der Waals surface area contributed by atoms with Crippen LogP contribution in [0.25, 0.3) is 0 Å². The number of ether oxygens (including phenoxy) is 2. The minimum absolute atomic E-state index is 0.112. The first-order valence-corrected chi connectivity index (χ1v) is 3.47. The Morgan fingerprint density at radius 1 is 1.46 bits per heavy atom. The lowest BCUT2D eigenvalue weighted by molar-refractivity contribution is 0.0592. The average Bonchev–Trinajstić information content (AvgIpc) is 2.15. The molecule has 0 N–H and O–H groups in total. The van der Waals surface area contributed by atoms with Gasteiger partial charge in [0.15, 0.2) is 5.69 Å². The van der Waals surface area contributed by atoms with Gasteiger partial charge in [-0.3, -0.25) is 0 Å². The summed E-state index contributed by atoms with van der Waals surface area (Å²) < 4.78 is 21.8. The molecule has 4 nitrogen and oxygen atoms in total. The SMILES string of the molecule is COC(=O)c1cc(OC)cc(F)n1. The number of pyridine rings is 1. The van der Waals surface area contributed by atoms with Crippen LogP contribution in [0.4, 0.5) is 4.39 Å². The maximum atomic E-state index is 12.7. The van der Waals surface area contributed by atoms with Crippen LogP contribution in [0.5, 0.6) is 5.75 Å². The number of methoxy groups -OCH3 is 2. The van der Waals surface area contributed by atoms with Crippen molar-refractivity contribution in [1.29, 1.82) is 0 Å². The van der Waals surface area contributed by atoms with E-state index in [1.807, 2.05) is 0 Å². The van der Waals surface area contributed by atoms with Crippen molar-refractivity contribution in [1.82, 2.24) is 4.98 Å². The summed E-state index contributed by atoms with van der Waals surface area (Å²) in [4.78, 5) is 14.3. The maximum Gasteiger partial charge on any atom is 0.356 e. The van der Waals surface area contributed by atoms with E-state index >= 15 is 0 Å². The molecule has 70 valence electrons. The first kappa shape index (κ1) is 9.44. The minimum atomic E-state index is -0.778. The lowest BCUT2D eigenvalue weighted by Gasteiger charge is -2.02. The number of hydrogen-bond donors (Lipinski definition) is 0. The van der Waals surface area contributed by atoms with E-state index < -0.39 is 11.9 Å². The van der Waals surface area contributed by atoms with Crippen LogP contribution in [-0.2, 0) is 4.74 Å². The molecule has 1 aromatic heterocycles. The molecule has 0 atom stereocenters. The fourth-order valence-electron chi connectivity index (χ4n) is 0.800. The van der Waals surface area contributed by atoms with E-state index in [0.717, 1.165) is 6.07 Å². The number of hydrogen-bond acceptors (Lipinski definition) is 4. The van der Waals surface area contributed by atoms with Crippen LogP contribution in [-0.4, -0.2) is 25.2 Å². The molecule has 0 unspecified atom stereocenters. The van der Waals surface area contributed by atoms with E-state index in [1.165, 1.54) is 20.3 Å². The summed E-state index contributed by atoms with van der Waals surface area (Å²) in [7, 11) is 2.57. The van der Waals surface area contributed by atoms with E-state index in [4.69, 9.17) is 4.74 Å². The Morgan fingerprint density at radius 2 is 2.15 bits per heavy atom. The number of carbonyl (C=O) groups is 1. The molecule has 0 aliphatic carbocycles. The monoisotopic (exact) mass is 185 g/mol. The van der Waals surface area contributed by atoms with Crippen molar-refractivity contribution in [2.24, 2.45) is 0 Å². The highest BCUT2D eigenvalue weighted by molar-refractivity contribution is 5.87. The fraction of sp³-hybridized carbons (Fsp3) is 0.250. The third-order valence-electron chi connectivity index (χ3n) is 1.40. The number of aromatic nitrogens is 1. The number of esters is 1. The Morgan fingerprint density at radius 3 is 2.69 bits per heavy atom. The van der Waals surface area contributed by atoms with E-state index in [0.29, 0.717) is 0 Å². The lowest BCUT2D eigenvalue weighted by Crippen LogP contribution is -2.05. The third kappa shape index (κ3) is 2.14. The molecule has 0 aromatic carbocycles. The third-order valence-corrected chi connectivity index (χ3v) is 1.40. The van der Waals surface area contributed by atoms with Crippen LogP contribution in [0.3, 0.4) is 0 Å². The number of halogens is 1. The molecule has 0 amide bonds. The molecule has 0 saturated heterocycles. The van der Waals surface area contributed by atoms with Gasteiger partial charge in [-0.05, 0) is 0 Å². The molecule has 0 aliphatic heterocycles. The highest BCUT2D eigenvalue weighted by Gasteiger charge is 2.10. The first-order valence-electron chi connectivity index (χ1n) is 3.47. The lowest BCUT2D eigenvalue weighted by atomic mass is 10.3. The molecule has 5 heteroatoms. The molecule has 0 radical (unpaired) electrons. The second kappa shape index (κ2) is 3.84. The van der Waals surface area contributed by atoms with Crippen molar-refractivity contribution in [3.05, 3.63) is 23.8 Å². The smallest absolute Gasteiger partial charge is 0.356 e. The maximum absolute atomic E-state index is 12.7. The second-order valence-electron chi connectivity index (χ2n) is 2.21. The van der Waals surface area contributed by atoms with Crippen LogP contribution in [0, 0.1) is 5.95 Å². The predicted octanol–water partition coefficient (Wildman–Crippen LogP) is 1.02. The summed E-state index contributed by atoms with van der Waals surface area (Å²) in [6.45, 7) is 0. The van der Waals surface area contributed by atoms with Gasteiger partial charge in [0.05, 0.1) is 14.2 Å². The summed E-state index contributed by atoms with van der Waals surface area (Å²) in [6.07, 6.45) is 0. The zero-order valence-electron chi connectivity index (χ0n) is 7.20. The van der Waals surface area contributed by atoms with Gasteiger partial charge in [-0.2, -0.15) is 4.39 Å². The summed E-state index contributed by atoms with van der Waals surface area (Å²) in [5.74, 6) is -1.24. The van der Waals surface area contributed by atoms with Crippen molar-refractivity contribution in [3.8, 4) is 5.75 Å². The molecular formula is C8H8FNO3. The topological polar surface area (TPSA) is 48.4 Å². The molecule has 0 bridgehead atoms. The molecule has 1 aromatic rings. The zero-order valence-corrected chi connectivity index (χ0v) is 7.20. The molecule has 13 heavy (non-hydrogen) atoms. The van der Waals surface area contributed by atoms with Gasteiger partial charge in [-0.1, -0.05) is 0 Å². The molecular weight excluding hydrogens is 177 g/mol. The number of nitrogens with zero attached hydrogens (tertiary/aromatic N) is 1. The van der Waals surface area contributed by atoms with Gasteiger partial charge < -0.3 is 9.47 Å². The van der Waals surface area contributed by atoms with Gasteiger partial charge in [-0.25, -0.2) is 9.78 Å². The van der Waals surface area contributed by atoms with Gasteiger partial charge in [0, 0.05) is 12.1 Å². The summed E-state index contributed by atoms with van der Waals surface area (Å²) in [5.41, 5.74) is -0.112. The Labute approximate surface area is 74.3 Å². The molecule has 0 saturated carbocycles. The van der Waals surface area contributed by atoms with Crippen molar-refractivity contribution < 1.29 is 18.7 Å². The van der Waals surface area contributed by atoms with Crippen molar-refractivity contribution in [2.75, 3.05) is 14.2 Å². The van der Waals surface area contributed by atoms with E-state index in [-0.39, 0.29) is 11.4 Å². The standard InChI is InChI=1S/C8H8FNO3/c1-12-5-3-6(8(11)13-2)10-7(9)4-5/h3-4H,1-2H3. The zero-order chi connectivity index (χ0) is 9.84. The molecule has 0 spiro atoms. The summed E-state index contributed by atoms with van der Waals surface area (Å²) in [6, 6.07) is 2.38. The van der Waals surface area contributed by atoms with Gasteiger partial charge in [0.25, 0.3) is 0 Å². The number of rotatable bonds is 2. The Balaban J connectivity index is 3.08. The normalized spacial score (nSPS) is 9.46. The van der Waals surface area contributed by atoms with Gasteiger partial charge >= 0.3 is 5.97 Å². The minimum Gasteiger partial charge on any atom is -0.497 e. The Kier molecular flexibility index (Phi) is 2.79. The van der Waals surface area contributed by atoms with Crippen LogP contribution in [0.15, 0.2) is 12.1 Å². The Bertz CT molecular complexity index is 327. The summed E-state index contributed by atoms with van der Waals surface area (Å²) >= 11 is 0. The van der Waals surface area contributed by atoms with E-state index in [9.17, 15) is 9.18 Å². The second-order valence-corrected chi connectivity index (χ2v) is 2.21. The van der Waals surface area contributed by atoms with Crippen LogP contribution in [0.2, 0.25) is 0 Å². The molecule has 1 rings (SSSR count). The van der Waals surface area contributed by atoms with Crippen LogP contribution >= 0.6 is 0 Å². The largest absolute Gasteiger partial charge is 0.497 e. The number of carbonyl (C=O) groups excluding carboxylic acids is 1. The van der Waals surface area contributed by atoms with E-state index in [2.05, 4.69) is 9.72 Å². The van der Waals surface area contributed by atoms with Gasteiger partial charge in [-0.15, -0.1) is 0 Å². The van der Waals surface area contributed by atoms with Crippen LogP contribution in [0.1, 0.15) is 10.5 Å². The van der Waals surface area contributed by atoms with E-state index in [1.54, 1.807) is 0 Å². The highest BCUT2D eigenvalue weighted by atomic mass is 19.1. The van der Waals surface area contributed by atoms with Gasteiger partial charge in [0.1, 0.15) is 5.75 Å². The average molecular weight is 185 g/mol. The van der Waals surface area contributed by atoms with Crippen molar-refractivity contribution >= 4 is 5.97 Å². The first-order chi connectivity index (χ1) is 6.17. The molecule has 0 fully saturated rings. The summed E-state index contributed by atoms with van der Waals surface area (Å²) in [5, 5.41) is 0. The van der Waals surface area contributed by atoms with Gasteiger partial charge in [0.2, 0.25) is 5.95 Å². The Hall–Kier alpha value is -1.65. The fourth-order valence-corrected chi connectivity index (χ4v) is 0.800. The predicted molar refractivity (Wildman–Crippen MR) is 42.1 cm³/mol. The molecule has 0 aliphatic rings. The molecule has 1 heterocycles. The highest BCUT2D eigenvalue weighted by Crippen LogP contribution is 2.13. The quantitative estimate of drug-likeness (QED) is 0.509. The van der Waals surface area contributed by atoms with Crippen molar-refractivity contribution in [3.63, 3.8) is 0 Å².